The summed E-state index contributed by atoms with van der Waals surface area (Å²) < 4.78 is 13.4. The van der Waals surface area contributed by atoms with E-state index >= 15 is 0 Å². The second-order valence-electron chi connectivity index (χ2n) is 5.63. The van der Waals surface area contributed by atoms with E-state index in [1.807, 2.05) is 11.0 Å². The molecule has 1 N–H and O–H groups in total. The standard InChI is InChI=1S/C16H21FN2O2/c1-12-4-5-13(7-15(12)17)8-18-16(21)10-19-6-2-3-14(9-19)11-20/h4-5,7,11,14H,2-3,6,8-10H2,1H3,(H,18,21). The first-order chi connectivity index (χ1) is 10.1. The molecular formula is C16H21FN2O2. The number of amides is 1. The van der Waals surface area contributed by atoms with Crippen molar-refractivity contribution in [2.24, 2.45) is 5.92 Å². The summed E-state index contributed by atoms with van der Waals surface area (Å²) in [4.78, 5) is 24.7. The summed E-state index contributed by atoms with van der Waals surface area (Å²) in [7, 11) is 0. The number of carbonyl (C=O) groups excluding carboxylic acids is 2. The van der Waals surface area contributed by atoms with Crippen LogP contribution in [0.15, 0.2) is 18.2 Å². The fourth-order valence-electron chi connectivity index (χ4n) is 2.55. The summed E-state index contributed by atoms with van der Waals surface area (Å²) in [6, 6.07) is 4.96. The van der Waals surface area contributed by atoms with Crippen LogP contribution in [0.5, 0.6) is 0 Å². The lowest BCUT2D eigenvalue weighted by atomic mass is 10.00. The number of aldehydes is 1. The van der Waals surface area contributed by atoms with Crippen LogP contribution >= 0.6 is 0 Å². The van der Waals surface area contributed by atoms with Crippen molar-refractivity contribution in [3.63, 3.8) is 0 Å². The lowest BCUT2D eigenvalue weighted by Gasteiger charge is -2.29. The lowest BCUT2D eigenvalue weighted by Crippen LogP contribution is -2.42. The SMILES string of the molecule is Cc1ccc(CNC(=O)CN2CCCC(C=O)C2)cc1F. The van der Waals surface area contributed by atoms with E-state index in [2.05, 4.69) is 5.32 Å². The molecule has 0 aliphatic carbocycles. The van der Waals surface area contributed by atoms with Gasteiger partial charge in [-0.05, 0) is 43.5 Å². The van der Waals surface area contributed by atoms with Crippen LogP contribution in [0.3, 0.4) is 0 Å². The third-order valence-corrected chi connectivity index (χ3v) is 3.83. The minimum absolute atomic E-state index is 0.0396. The van der Waals surface area contributed by atoms with Gasteiger partial charge in [0.25, 0.3) is 0 Å². The van der Waals surface area contributed by atoms with Crippen molar-refractivity contribution >= 4 is 12.2 Å². The Hall–Kier alpha value is -1.75. The van der Waals surface area contributed by atoms with Crippen LogP contribution in [0.25, 0.3) is 0 Å². The van der Waals surface area contributed by atoms with Gasteiger partial charge in [0.05, 0.1) is 6.54 Å². The fraction of sp³-hybridized carbons (Fsp3) is 0.500. The molecule has 1 heterocycles. The van der Waals surface area contributed by atoms with E-state index < -0.39 is 0 Å². The van der Waals surface area contributed by atoms with Crippen molar-refractivity contribution in [2.45, 2.75) is 26.3 Å². The molecule has 1 aromatic rings. The van der Waals surface area contributed by atoms with E-state index in [1.54, 1.807) is 13.0 Å². The molecule has 0 aromatic heterocycles. The zero-order valence-electron chi connectivity index (χ0n) is 12.3. The molecule has 0 saturated carbocycles. The molecule has 0 spiro atoms. The van der Waals surface area contributed by atoms with Crippen molar-refractivity contribution < 1.29 is 14.0 Å². The Morgan fingerprint density at radius 1 is 1.52 bits per heavy atom. The van der Waals surface area contributed by atoms with Crippen molar-refractivity contribution in [3.05, 3.63) is 35.1 Å². The molecule has 1 unspecified atom stereocenters. The number of hydrogen-bond acceptors (Lipinski definition) is 3. The smallest absolute Gasteiger partial charge is 0.234 e. The van der Waals surface area contributed by atoms with Gasteiger partial charge in [0.2, 0.25) is 5.91 Å². The zero-order valence-corrected chi connectivity index (χ0v) is 12.3. The van der Waals surface area contributed by atoms with Crippen LogP contribution in [-0.2, 0) is 16.1 Å². The molecule has 0 bridgehead atoms. The molecule has 21 heavy (non-hydrogen) atoms. The average Bonchev–Trinajstić information content (AvgIpc) is 2.48. The predicted octanol–water partition coefficient (Wildman–Crippen LogP) is 1.66. The second-order valence-corrected chi connectivity index (χ2v) is 5.63. The molecule has 114 valence electrons. The molecule has 1 aliphatic heterocycles. The number of benzene rings is 1. The van der Waals surface area contributed by atoms with E-state index in [1.165, 1.54) is 6.07 Å². The first kappa shape index (κ1) is 15.6. The molecule has 2 rings (SSSR count). The maximum absolute atomic E-state index is 13.4. The quantitative estimate of drug-likeness (QED) is 0.840. The minimum Gasteiger partial charge on any atom is -0.351 e. The normalized spacial score (nSPS) is 19.2. The van der Waals surface area contributed by atoms with Gasteiger partial charge < -0.3 is 10.1 Å². The fourth-order valence-corrected chi connectivity index (χ4v) is 2.55. The van der Waals surface area contributed by atoms with Crippen molar-refractivity contribution in [1.82, 2.24) is 10.2 Å². The van der Waals surface area contributed by atoms with Crippen molar-refractivity contribution in [3.8, 4) is 0 Å². The molecule has 5 heteroatoms. The van der Waals surface area contributed by atoms with E-state index in [-0.39, 0.29) is 17.6 Å². The number of nitrogens with one attached hydrogen (secondary N) is 1. The average molecular weight is 292 g/mol. The van der Waals surface area contributed by atoms with E-state index in [4.69, 9.17) is 0 Å². The summed E-state index contributed by atoms with van der Waals surface area (Å²) in [5, 5.41) is 2.79. The number of nitrogens with zero attached hydrogens (tertiary/aromatic N) is 1. The topological polar surface area (TPSA) is 49.4 Å². The Morgan fingerprint density at radius 2 is 2.33 bits per heavy atom. The number of hydrogen-bond donors (Lipinski definition) is 1. The molecule has 1 aliphatic rings. The maximum Gasteiger partial charge on any atom is 0.234 e. The number of carbonyl (C=O) groups is 2. The highest BCUT2D eigenvalue weighted by atomic mass is 19.1. The highest BCUT2D eigenvalue weighted by Gasteiger charge is 2.20. The predicted molar refractivity (Wildman–Crippen MR) is 78.2 cm³/mol. The van der Waals surface area contributed by atoms with Gasteiger partial charge in [-0.2, -0.15) is 0 Å². The molecule has 1 atom stereocenters. The number of aryl methyl sites for hydroxylation is 1. The van der Waals surface area contributed by atoms with Gasteiger partial charge in [-0.25, -0.2) is 4.39 Å². The van der Waals surface area contributed by atoms with Gasteiger partial charge in [-0.3, -0.25) is 9.69 Å². The molecule has 0 radical (unpaired) electrons. The molecule has 1 amide bonds. The van der Waals surface area contributed by atoms with E-state index in [0.717, 1.165) is 31.2 Å². The first-order valence-corrected chi connectivity index (χ1v) is 7.28. The Morgan fingerprint density at radius 3 is 3.05 bits per heavy atom. The molecular weight excluding hydrogens is 271 g/mol. The summed E-state index contributed by atoms with van der Waals surface area (Å²) in [6.45, 7) is 3.81. The Balaban J connectivity index is 1.79. The third kappa shape index (κ3) is 4.63. The zero-order chi connectivity index (χ0) is 15.2. The highest BCUT2D eigenvalue weighted by molar-refractivity contribution is 5.78. The van der Waals surface area contributed by atoms with Crippen LogP contribution < -0.4 is 5.32 Å². The van der Waals surface area contributed by atoms with Crippen molar-refractivity contribution in [2.75, 3.05) is 19.6 Å². The molecule has 1 fully saturated rings. The van der Waals surface area contributed by atoms with Gasteiger partial charge in [0, 0.05) is 19.0 Å². The molecule has 1 saturated heterocycles. The van der Waals surface area contributed by atoms with Crippen LogP contribution in [0.1, 0.15) is 24.0 Å². The lowest BCUT2D eigenvalue weighted by molar-refractivity contribution is -0.123. The Labute approximate surface area is 124 Å². The van der Waals surface area contributed by atoms with Crippen LogP contribution in [0.4, 0.5) is 4.39 Å². The summed E-state index contributed by atoms with van der Waals surface area (Å²) in [6.07, 6.45) is 2.82. The number of piperidine rings is 1. The second kappa shape index (κ2) is 7.31. The minimum atomic E-state index is -0.258. The molecule has 4 nitrogen and oxygen atoms in total. The highest BCUT2D eigenvalue weighted by Crippen LogP contribution is 2.14. The summed E-state index contributed by atoms with van der Waals surface area (Å²) in [5.41, 5.74) is 1.34. The van der Waals surface area contributed by atoms with E-state index in [9.17, 15) is 14.0 Å². The largest absolute Gasteiger partial charge is 0.351 e. The summed E-state index contributed by atoms with van der Waals surface area (Å²) in [5.74, 6) is -0.313. The van der Waals surface area contributed by atoms with Gasteiger partial charge in [-0.15, -0.1) is 0 Å². The first-order valence-electron chi connectivity index (χ1n) is 7.28. The van der Waals surface area contributed by atoms with Gasteiger partial charge in [0.1, 0.15) is 12.1 Å². The Kier molecular flexibility index (Phi) is 5.44. The maximum atomic E-state index is 13.4. The van der Waals surface area contributed by atoms with Gasteiger partial charge in [0.15, 0.2) is 0 Å². The van der Waals surface area contributed by atoms with Crippen LogP contribution in [0.2, 0.25) is 0 Å². The van der Waals surface area contributed by atoms with Crippen molar-refractivity contribution in [1.29, 1.82) is 0 Å². The van der Waals surface area contributed by atoms with Gasteiger partial charge >= 0.3 is 0 Å². The van der Waals surface area contributed by atoms with Crippen LogP contribution in [-0.4, -0.2) is 36.7 Å². The van der Waals surface area contributed by atoms with E-state index in [0.29, 0.717) is 25.2 Å². The van der Waals surface area contributed by atoms with Gasteiger partial charge in [-0.1, -0.05) is 12.1 Å². The summed E-state index contributed by atoms with van der Waals surface area (Å²) >= 11 is 0. The number of rotatable bonds is 5. The Bertz CT molecular complexity index is 519. The number of halogens is 1. The third-order valence-electron chi connectivity index (χ3n) is 3.83. The number of likely N-dealkylation sites (tertiary alicyclic amines) is 1. The molecule has 1 aromatic carbocycles. The van der Waals surface area contributed by atoms with Crippen LogP contribution in [0, 0.1) is 18.7 Å². The monoisotopic (exact) mass is 292 g/mol.